The van der Waals surface area contributed by atoms with Gasteiger partial charge in [0.15, 0.2) is 0 Å². The predicted octanol–water partition coefficient (Wildman–Crippen LogP) is 2.09. The van der Waals surface area contributed by atoms with Crippen LogP contribution in [0.15, 0.2) is 18.3 Å². The molecule has 1 aromatic heterocycles. The number of rotatable bonds is 5. The lowest BCUT2D eigenvalue weighted by Gasteiger charge is -2.21. The maximum Gasteiger partial charge on any atom is 0.339 e. The van der Waals surface area contributed by atoms with Crippen LogP contribution in [0, 0.1) is 5.92 Å². The van der Waals surface area contributed by atoms with Gasteiger partial charge in [0.05, 0.1) is 23.9 Å². The number of esters is 1. The summed E-state index contributed by atoms with van der Waals surface area (Å²) in [6.45, 7) is 7.57. The van der Waals surface area contributed by atoms with E-state index in [0.29, 0.717) is 12.2 Å². The highest BCUT2D eigenvalue weighted by molar-refractivity contribution is 5.88. The van der Waals surface area contributed by atoms with Crippen molar-refractivity contribution in [3.63, 3.8) is 0 Å². The minimum Gasteiger partial charge on any atom is -0.462 e. The minimum atomic E-state index is -0.387. The Hall–Kier alpha value is -1.91. The molecule has 0 spiro atoms. The molecule has 0 fully saturated rings. The van der Waals surface area contributed by atoms with Gasteiger partial charge in [0, 0.05) is 13.1 Å². The molecule has 0 unspecified atom stereocenters. The highest BCUT2D eigenvalue weighted by atomic mass is 16.5. The molecule has 5 nitrogen and oxygen atoms in total. The Morgan fingerprint density at radius 3 is 2.47 bits per heavy atom. The summed E-state index contributed by atoms with van der Waals surface area (Å²) in [4.78, 5) is 26.9. The van der Waals surface area contributed by atoms with Crippen LogP contribution in [0.3, 0.4) is 0 Å². The third kappa shape index (κ3) is 4.35. The average molecular weight is 264 g/mol. The largest absolute Gasteiger partial charge is 0.462 e. The number of aromatic nitrogens is 1. The van der Waals surface area contributed by atoms with Crippen molar-refractivity contribution in [2.75, 3.05) is 6.61 Å². The molecule has 19 heavy (non-hydrogen) atoms. The highest BCUT2D eigenvalue weighted by Crippen LogP contribution is 2.20. The lowest BCUT2D eigenvalue weighted by atomic mass is 10.00. The van der Waals surface area contributed by atoms with Gasteiger partial charge in [-0.1, -0.05) is 13.8 Å². The van der Waals surface area contributed by atoms with E-state index in [1.54, 1.807) is 19.1 Å². The second-order valence-corrected chi connectivity index (χ2v) is 4.61. The van der Waals surface area contributed by atoms with Crippen LogP contribution in [0.2, 0.25) is 0 Å². The molecule has 1 heterocycles. The van der Waals surface area contributed by atoms with Crippen molar-refractivity contribution in [3.8, 4) is 0 Å². The molecule has 5 heteroatoms. The summed E-state index contributed by atoms with van der Waals surface area (Å²) < 4.78 is 4.89. The molecule has 0 aromatic carbocycles. The van der Waals surface area contributed by atoms with Crippen LogP contribution in [0.1, 0.15) is 49.8 Å². The lowest BCUT2D eigenvalue weighted by Crippen LogP contribution is -2.30. The Morgan fingerprint density at radius 2 is 2.05 bits per heavy atom. The first-order chi connectivity index (χ1) is 8.95. The van der Waals surface area contributed by atoms with E-state index in [4.69, 9.17) is 4.74 Å². The number of ether oxygens (including phenoxy) is 1. The quantitative estimate of drug-likeness (QED) is 0.827. The number of carbonyl (C=O) groups is 2. The summed E-state index contributed by atoms with van der Waals surface area (Å²) in [5.74, 6) is -0.276. The van der Waals surface area contributed by atoms with Gasteiger partial charge in [-0.05, 0) is 25.0 Å². The molecule has 1 atom stereocenters. The topological polar surface area (TPSA) is 68.3 Å². The molecule has 0 saturated heterocycles. The van der Waals surface area contributed by atoms with E-state index in [9.17, 15) is 9.59 Å². The van der Waals surface area contributed by atoms with Crippen LogP contribution in [0.25, 0.3) is 0 Å². The fourth-order valence-corrected chi connectivity index (χ4v) is 1.73. The summed E-state index contributed by atoms with van der Waals surface area (Å²) >= 11 is 0. The van der Waals surface area contributed by atoms with Crippen molar-refractivity contribution < 1.29 is 14.3 Å². The van der Waals surface area contributed by atoms with Crippen LogP contribution in [-0.2, 0) is 9.53 Å². The number of hydrogen-bond acceptors (Lipinski definition) is 4. The Kier molecular flexibility index (Phi) is 5.48. The summed E-state index contributed by atoms with van der Waals surface area (Å²) in [7, 11) is 0. The molecule has 0 aliphatic rings. The van der Waals surface area contributed by atoms with Gasteiger partial charge in [-0.2, -0.15) is 0 Å². The maximum atomic E-state index is 11.5. The lowest BCUT2D eigenvalue weighted by molar-refractivity contribution is -0.120. The summed E-state index contributed by atoms with van der Waals surface area (Å²) in [6.07, 6.45) is 1.48. The first-order valence-corrected chi connectivity index (χ1v) is 6.35. The van der Waals surface area contributed by atoms with Crippen LogP contribution in [-0.4, -0.2) is 23.5 Å². The van der Waals surface area contributed by atoms with E-state index in [0.717, 1.165) is 5.69 Å². The van der Waals surface area contributed by atoms with Gasteiger partial charge in [0.25, 0.3) is 0 Å². The fraction of sp³-hybridized carbons (Fsp3) is 0.500. The minimum absolute atomic E-state index is 0.102. The Morgan fingerprint density at radius 1 is 1.37 bits per heavy atom. The summed E-state index contributed by atoms with van der Waals surface area (Å²) in [5.41, 5.74) is 1.15. The van der Waals surface area contributed by atoms with Crippen LogP contribution >= 0.6 is 0 Å². The molecule has 0 saturated carbocycles. The van der Waals surface area contributed by atoms with Crippen molar-refractivity contribution in [2.45, 2.75) is 33.7 Å². The number of pyridine rings is 1. The fourth-order valence-electron chi connectivity index (χ4n) is 1.73. The smallest absolute Gasteiger partial charge is 0.339 e. The zero-order valence-corrected chi connectivity index (χ0v) is 11.8. The molecule has 104 valence electrons. The van der Waals surface area contributed by atoms with Gasteiger partial charge in [-0.3, -0.25) is 9.78 Å². The zero-order chi connectivity index (χ0) is 14.4. The molecule has 1 amide bonds. The van der Waals surface area contributed by atoms with E-state index in [-0.39, 0.29) is 23.8 Å². The Labute approximate surface area is 113 Å². The number of nitrogens with one attached hydrogen (secondary N) is 1. The van der Waals surface area contributed by atoms with Gasteiger partial charge in [0.1, 0.15) is 0 Å². The predicted molar refractivity (Wildman–Crippen MR) is 71.6 cm³/mol. The van der Waals surface area contributed by atoms with Crippen LogP contribution in [0.5, 0.6) is 0 Å². The normalized spacial score (nSPS) is 12.1. The molecule has 0 radical (unpaired) electrons. The number of nitrogens with zero attached hydrogens (tertiary/aromatic N) is 1. The number of carbonyl (C=O) groups excluding carboxylic acids is 2. The van der Waals surface area contributed by atoms with Gasteiger partial charge in [0.2, 0.25) is 5.91 Å². The first kappa shape index (κ1) is 15.1. The number of hydrogen-bond donors (Lipinski definition) is 1. The molecular formula is C14H20N2O3. The van der Waals surface area contributed by atoms with Crippen molar-refractivity contribution in [2.24, 2.45) is 5.92 Å². The first-order valence-electron chi connectivity index (χ1n) is 6.35. The standard InChI is InChI=1S/C14H20N2O3/c1-5-19-14(18)11-6-7-12(15-8-11)13(9(2)3)16-10(4)17/h6-9,13H,5H2,1-4H3,(H,16,17)/t13-/m0/s1. The third-order valence-electron chi connectivity index (χ3n) is 2.64. The van der Waals surface area contributed by atoms with Gasteiger partial charge >= 0.3 is 5.97 Å². The SMILES string of the molecule is CCOC(=O)c1ccc([C@@H](NC(C)=O)C(C)C)nc1. The highest BCUT2D eigenvalue weighted by Gasteiger charge is 2.18. The Bertz CT molecular complexity index is 441. The molecule has 0 aliphatic heterocycles. The maximum absolute atomic E-state index is 11.5. The zero-order valence-electron chi connectivity index (χ0n) is 11.8. The molecular weight excluding hydrogens is 244 g/mol. The van der Waals surface area contributed by atoms with Gasteiger partial charge in [-0.25, -0.2) is 4.79 Å². The molecule has 0 bridgehead atoms. The number of amides is 1. The second-order valence-electron chi connectivity index (χ2n) is 4.61. The monoisotopic (exact) mass is 264 g/mol. The molecule has 1 aromatic rings. The van der Waals surface area contributed by atoms with Crippen LogP contribution in [0.4, 0.5) is 0 Å². The van der Waals surface area contributed by atoms with Crippen molar-refractivity contribution >= 4 is 11.9 Å². The van der Waals surface area contributed by atoms with Crippen molar-refractivity contribution in [3.05, 3.63) is 29.6 Å². The van der Waals surface area contributed by atoms with E-state index < -0.39 is 0 Å². The third-order valence-corrected chi connectivity index (χ3v) is 2.64. The Balaban J connectivity index is 2.89. The van der Waals surface area contributed by atoms with E-state index in [1.165, 1.54) is 13.1 Å². The second kappa shape index (κ2) is 6.87. The van der Waals surface area contributed by atoms with Crippen molar-refractivity contribution in [1.29, 1.82) is 0 Å². The summed E-state index contributed by atoms with van der Waals surface area (Å²) in [6, 6.07) is 3.25. The molecule has 1 N–H and O–H groups in total. The van der Waals surface area contributed by atoms with E-state index in [2.05, 4.69) is 10.3 Å². The van der Waals surface area contributed by atoms with Crippen molar-refractivity contribution in [1.82, 2.24) is 10.3 Å². The average Bonchev–Trinajstić information content (AvgIpc) is 2.36. The summed E-state index contributed by atoms with van der Waals surface area (Å²) in [5, 5.41) is 2.85. The van der Waals surface area contributed by atoms with E-state index >= 15 is 0 Å². The molecule has 1 rings (SSSR count). The molecule has 0 aliphatic carbocycles. The van der Waals surface area contributed by atoms with Gasteiger partial charge in [-0.15, -0.1) is 0 Å². The van der Waals surface area contributed by atoms with Crippen LogP contribution < -0.4 is 5.32 Å². The van der Waals surface area contributed by atoms with Gasteiger partial charge < -0.3 is 10.1 Å². The van der Waals surface area contributed by atoms with E-state index in [1.807, 2.05) is 13.8 Å².